The van der Waals surface area contributed by atoms with Gasteiger partial charge in [0.25, 0.3) is 0 Å². The topological polar surface area (TPSA) is 61.8 Å². The van der Waals surface area contributed by atoms with E-state index >= 15 is 0 Å². The molecule has 0 aliphatic carbocycles. The van der Waals surface area contributed by atoms with E-state index in [0.29, 0.717) is 12.0 Å². The molecule has 0 aromatic heterocycles. The van der Waals surface area contributed by atoms with Crippen LogP contribution in [-0.2, 0) is 20.7 Å². The maximum absolute atomic E-state index is 12.4. The lowest BCUT2D eigenvalue weighted by Gasteiger charge is -2.12. The summed E-state index contributed by atoms with van der Waals surface area (Å²) in [6.07, 6.45) is 0.405. The minimum atomic E-state index is -3.06. The second kappa shape index (κ2) is 8.96. The lowest BCUT2D eigenvalue weighted by Crippen LogP contribution is -2.11. The molecule has 0 aliphatic rings. The van der Waals surface area contributed by atoms with E-state index in [-0.39, 0.29) is 36.9 Å². The first kappa shape index (κ1) is 17.9. The highest BCUT2D eigenvalue weighted by Gasteiger charge is 2.17. The monoisotopic (exact) mass is 316 g/mol. The van der Waals surface area contributed by atoms with E-state index in [1.807, 2.05) is 0 Å². The van der Waals surface area contributed by atoms with Gasteiger partial charge >= 0.3 is 18.6 Å². The molecule has 1 aromatic rings. The SMILES string of the molecule is CCOC(=O)CCc1ccc(C(=O)OCC)c(OC(F)F)c1. The van der Waals surface area contributed by atoms with E-state index in [9.17, 15) is 18.4 Å². The van der Waals surface area contributed by atoms with Crippen molar-refractivity contribution in [1.29, 1.82) is 0 Å². The zero-order valence-corrected chi connectivity index (χ0v) is 12.4. The first-order chi connectivity index (χ1) is 10.5. The largest absolute Gasteiger partial charge is 0.466 e. The Bertz CT molecular complexity index is 517. The summed E-state index contributed by atoms with van der Waals surface area (Å²) in [5.74, 6) is -1.39. The number of rotatable bonds is 8. The minimum absolute atomic E-state index is 0.0814. The van der Waals surface area contributed by atoms with Crippen LogP contribution >= 0.6 is 0 Å². The number of carbonyl (C=O) groups excluding carboxylic acids is 2. The lowest BCUT2D eigenvalue weighted by molar-refractivity contribution is -0.143. The number of hydrogen-bond donors (Lipinski definition) is 0. The first-order valence-corrected chi connectivity index (χ1v) is 6.88. The molecule has 0 aliphatic heterocycles. The Kier molecular flexibility index (Phi) is 7.28. The van der Waals surface area contributed by atoms with E-state index < -0.39 is 12.6 Å². The molecule has 0 N–H and O–H groups in total. The number of aryl methyl sites for hydroxylation is 1. The van der Waals surface area contributed by atoms with Gasteiger partial charge in [-0.3, -0.25) is 4.79 Å². The average molecular weight is 316 g/mol. The number of alkyl halides is 2. The van der Waals surface area contributed by atoms with Crippen molar-refractivity contribution in [3.8, 4) is 5.75 Å². The van der Waals surface area contributed by atoms with Gasteiger partial charge in [-0.25, -0.2) is 4.79 Å². The van der Waals surface area contributed by atoms with Crippen molar-refractivity contribution in [2.45, 2.75) is 33.3 Å². The predicted molar refractivity (Wildman–Crippen MR) is 74.0 cm³/mol. The van der Waals surface area contributed by atoms with Gasteiger partial charge in [-0.15, -0.1) is 0 Å². The highest BCUT2D eigenvalue weighted by Crippen LogP contribution is 2.24. The Morgan fingerprint density at radius 1 is 1.14 bits per heavy atom. The van der Waals surface area contributed by atoms with Gasteiger partial charge in [0.05, 0.1) is 13.2 Å². The summed E-state index contributed by atoms with van der Waals surface area (Å²) in [5.41, 5.74) is 0.499. The van der Waals surface area contributed by atoms with Crippen molar-refractivity contribution in [2.75, 3.05) is 13.2 Å². The third-order valence-corrected chi connectivity index (χ3v) is 2.68. The number of esters is 2. The van der Waals surface area contributed by atoms with E-state index in [2.05, 4.69) is 4.74 Å². The van der Waals surface area contributed by atoms with Crippen LogP contribution in [0, 0.1) is 0 Å². The van der Waals surface area contributed by atoms with Gasteiger partial charge in [-0.1, -0.05) is 6.07 Å². The molecule has 1 aromatic carbocycles. The molecule has 0 bridgehead atoms. The summed E-state index contributed by atoms with van der Waals surface area (Å²) in [5, 5.41) is 0. The van der Waals surface area contributed by atoms with Crippen molar-refractivity contribution in [2.24, 2.45) is 0 Å². The highest BCUT2D eigenvalue weighted by atomic mass is 19.3. The van der Waals surface area contributed by atoms with Gasteiger partial charge in [-0.05, 0) is 38.0 Å². The summed E-state index contributed by atoms with van der Waals surface area (Å²) in [7, 11) is 0. The van der Waals surface area contributed by atoms with E-state index in [1.165, 1.54) is 12.1 Å². The molecule has 7 heteroatoms. The molecule has 0 amide bonds. The van der Waals surface area contributed by atoms with E-state index in [4.69, 9.17) is 9.47 Å². The Hall–Kier alpha value is -2.18. The normalized spacial score (nSPS) is 10.4. The van der Waals surface area contributed by atoms with Crippen LogP contribution in [0.4, 0.5) is 8.78 Å². The fourth-order valence-corrected chi connectivity index (χ4v) is 1.77. The van der Waals surface area contributed by atoms with Gasteiger partial charge in [-0.2, -0.15) is 8.78 Å². The zero-order chi connectivity index (χ0) is 16.5. The zero-order valence-electron chi connectivity index (χ0n) is 12.4. The number of carbonyl (C=O) groups is 2. The fourth-order valence-electron chi connectivity index (χ4n) is 1.77. The molecule has 0 spiro atoms. The second-order valence-electron chi connectivity index (χ2n) is 4.23. The average Bonchev–Trinajstić information content (AvgIpc) is 2.45. The van der Waals surface area contributed by atoms with Gasteiger partial charge in [0.1, 0.15) is 11.3 Å². The Balaban J connectivity index is 2.89. The molecule has 1 rings (SSSR count). The van der Waals surface area contributed by atoms with E-state index in [1.54, 1.807) is 19.9 Å². The number of halogens is 2. The molecule has 0 heterocycles. The van der Waals surface area contributed by atoms with Crippen molar-refractivity contribution >= 4 is 11.9 Å². The first-order valence-electron chi connectivity index (χ1n) is 6.88. The number of benzene rings is 1. The second-order valence-corrected chi connectivity index (χ2v) is 4.23. The fraction of sp³-hybridized carbons (Fsp3) is 0.467. The highest BCUT2D eigenvalue weighted by molar-refractivity contribution is 5.92. The van der Waals surface area contributed by atoms with Crippen LogP contribution in [0.5, 0.6) is 5.75 Å². The summed E-state index contributed by atoms with van der Waals surface area (Å²) >= 11 is 0. The Morgan fingerprint density at radius 2 is 1.82 bits per heavy atom. The molecule has 0 radical (unpaired) electrons. The predicted octanol–water partition coefficient (Wildman–Crippen LogP) is 2.96. The van der Waals surface area contributed by atoms with Gasteiger partial charge < -0.3 is 14.2 Å². The van der Waals surface area contributed by atoms with Crippen LogP contribution < -0.4 is 4.74 Å². The van der Waals surface area contributed by atoms with Crippen molar-refractivity contribution < 1.29 is 32.6 Å². The smallest absolute Gasteiger partial charge is 0.387 e. The van der Waals surface area contributed by atoms with E-state index in [0.717, 1.165) is 0 Å². The number of ether oxygens (including phenoxy) is 3. The van der Waals surface area contributed by atoms with Gasteiger partial charge in [0, 0.05) is 6.42 Å². The van der Waals surface area contributed by atoms with Crippen LogP contribution in [-0.4, -0.2) is 31.8 Å². The molecule has 22 heavy (non-hydrogen) atoms. The van der Waals surface area contributed by atoms with Gasteiger partial charge in [0.15, 0.2) is 0 Å². The summed E-state index contributed by atoms with van der Waals surface area (Å²) in [6.45, 7) is 0.645. The van der Waals surface area contributed by atoms with Gasteiger partial charge in [0.2, 0.25) is 0 Å². The molecular formula is C15H18F2O5. The van der Waals surface area contributed by atoms with Crippen LogP contribution in [0.3, 0.4) is 0 Å². The molecule has 122 valence electrons. The molecule has 0 fully saturated rings. The Labute approximate surface area is 127 Å². The van der Waals surface area contributed by atoms with Crippen LogP contribution in [0.2, 0.25) is 0 Å². The quantitative estimate of drug-likeness (QED) is 0.690. The maximum atomic E-state index is 12.4. The number of hydrogen-bond acceptors (Lipinski definition) is 5. The third kappa shape index (κ3) is 5.67. The third-order valence-electron chi connectivity index (χ3n) is 2.68. The molecule has 0 saturated carbocycles. The van der Waals surface area contributed by atoms with Crippen LogP contribution in [0.25, 0.3) is 0 Å². The van der Waals surface area contributed by atoms with Crippen molar-refractivity contribution in [1.82, 2.24) is 0 Å². The molecule has 5 nitrogen and oxygen atoms in total. The summed E-state index contributed by atoms with van der Waals surface area (Å²) in [4.78, 5) is 23.0. The molecular weight excluding hydrogens is 298 g/mol. The standard InChI is InChI=1S/C15H18F2O5/c1-3-20-13(18)8-6-10-5-7-11(14(19)21-4-2)12(9-10)22-15(16)17/h5,7,9,15H,3-4,6,8H2,1-2H3. The van der Waals surface area contributed by atoms with Crippen LogP contribution in [0.15, 0.2) is 18.2 Å². The van der Waals surface area contributed by atoms with Crippen LogP contribution in [0.1, 0.15) is 36.2 Å². The summed E-state index contributed by atoms with van der Waals surface area (Å²) < 4.78 is 38.8. The molecule has 0 atom stereocenters. The van der Waals surface area contributed by atoms with Crippen molar-refractivity contribution in [3.05, 3.63) is 29.3 Å². The molecule has 0 saturated heterocycles. The maximum Gasteiger partial charge on any atom is 0.387 e. The molecule has 0 unspecified atom stereocenters. The summed E-state index contributed by atoms with van der Waals surface area (Å²) in [6, 6.07) is 4.21. The lowest BCUT2D eigenvalue weighted by atomic mass is 10.1. The van der Waals surface area contributed by atoms with Crippen molar-refractivity contribution in [3.63, 3.8) is 0 Å². The Morgan fingerprint density at radius 3 is 2.41 bits per heavy atom. The minimum Gasteiger partial charge on any atom is -0.466 e.